The lowest BCUT2D eigenvalue weighted by atomic mass is 10.1. The number of halogens is 1. The van der Waals surface area contributed by atoms with Crippen LogP contribution in [0.3, 0.4) is 0 Å². The van der Waals surface area contributed by atoms with E-state index < -0.39 is 10.0 Å². The summed E-state index contributed by atoms with van der Waals surface area (Å²) in [6, 6.07) is 0.184. The third-order valence-electron chi connectivity index (χ3n) is 2.82. The predicted molar refractivity (Wildman–Crippen MR) is 65.0 cm³/mol. The van der Waals surface area contributed by atoms with E-state index in [0.717, 1.165) is 25.9 Å². The van der Waals surface area contributed by atoms with Crippen LogP contribution in [0.4, 0.5) is 0 Å². The van der Waals surface area contributed by atoms with E-state index in [2.05, 4.69) is 5.32 Å². The number of nitrogens with zero attached hydrogens (tertiary/aromatic N) is 1. The van der Waals surface area contributed by atoms with E-state index in [9.17, 15) is 8.42 Å². The number of rotatable bonds is 3. The second-order valence-electron chi connectivity index (χ2n) is 4.09. The van der Waals surface area contributed by atoms with Gasteiger partial charge >= 0.3 is 0 Å². The van der Waals surface area contributed by atoms with Crippen LogP contribution in [0.2, 0.25) is 0 Å². The molecule has 0 aromatic carbocycles. The quantitative estimate of drug-likeness (QED) is 0.814. The first-order chi connectivity index (χ1) is 6.46. The number of hydrogen-bond donors (Lipinski definition) is 1. The minimum Gasteiger partial charge on any atom is -0.317 e. The van der Waals surface area contributed by atoms with E-state index >= 15 is 0 Å². The van der Waals surface area contributed by atoms with Gasteiger partial charge in [0.25, 0.3) is 0 Å². The summed E-state index contributed by atoms with van der Waals surface area (Å²) >= 11 is 0. The molecule has 0 aromatic heterocycles. The topological polar surface area (TPSA) is 49.4 Å². The maximum atomic E-state index is 11.8. The van der Waals surface area contributed by atoms with Crippen molar-refractivity contribution in [3.8, 4) is 0 Å². The van der Waals surface area contributed by atoms with Crippen LogP contribution in [0.1, 0.15) is 26.7 Å². The Labute approximate surface area is 98.9 Å². The van der Waals surface area contributed by atoms with E-state index in [4.69, 9.17) is 0 Å². The molecule has 1 aliphatic rings. The number of piperidine rings is 1. The second-order valence-corrected chi connectivity index (χ2v) is 6.64. The molecule has 0 saturated carbocycles. The molecular weight excluding hydrogens is 236 g/mol. The van der Waals surface area contributed by atoms with Crippen LogP contribution in [-0.4, -0.2) is 44.2 Å². The van der Waals surface area contributed by atoms with Gasteiger partial charge in [0.15, 0.2) is 0 Å². The van der Waals surface area contributed by atoms with Gasteiger partial charge in [-0.15, -0.1) is 12.4 Å². The van der Waals surface area contributed by atoms with E-state index in [0.29, 0.717) is 0 Å². The Morgan fingerprint density at radius 2 is 1.73 bits per heavy atom. The Bertz CT molecular complexity index is 274. The summed E-state index contributed by atoms with van der Waals surface area (Å²) in [7, 11) is -1.37. The third kappa shape index (κ3) is 3.59. The van der Waals surface area contributed by atoms with Gasteiger partial charge in [-0.3, -0.25) is 0 Å². The summed E-state index contributed by atoms with van der Waals surface area (Å²) < 4.78 is 25.2. The maximum Gasteiger partial charge on any atom is 0.216 e. The van der Waals surface area contributed by atoms with Crippen LogP contribution in [0, 0.1) is 0 Å². The van der Waals surface area contributed by atoms with E-state index in [1.165, 1.54) is 0 Å². The molecule has 0 amide bonds. The molecule has 1 N–H and O–H groups in total. The van der Waals surface area contributed by atoms with Crippen molar-refractivity contribution in [3.63, 3.8) is 0 Å². The maximum absolute atomic E-state index is 11.8. The van der Waals surface area contributed by atoms with Gasteiger partial charge in [-0.25, -0.2) is 12.7 Å². The minimum absolute atomic E-state index is 0. The van der Waals surface area contributed by atoms with Gasteiger partial charge in [-0.1, -0.05) is 0 Å². The van der Waals surface area contributed by atoms with Crippen LogP contribution >= 0.6 is 12.4 Å². The van der Waals surface area contributed by atoms with Crippen LogP contribution in [0.5, 0.6) is 0 Å². The highest BCUT2D eigenvalue weighted by atomic mass is 35.5. The minimum atomic E-state index is -3.07. The van der Waals surface area contributed by atoms with Crippen LogP contribution < -0.4 is 5.32 Å². The zero-order valence-electron chi connectivity index (χ0n) is 9.56. The molecule has 6 heteroatoms. The third-order valence-corrected chi connectivity index (χ3v) is 5.11. The Kier molecular flexibility index (Phi) is 6.10. The fourth-order valence-corrected chi connectivity index (χ4v) is 3.00. The zero-order valence-corrected chi connectivity index (χ0v) is 11.2. The lowest BCUT2D eigenvalue weighted by molar-refractivity contribution is 0.294. The Morgan fingerprint density at radius 1 is 1.27 bits per heavy atom. The van der Waals surface area contributed by atoms with Crippen molar-refractivity contribution in [1.82, 2.24) is 9.62 Å². The van der Waals surface area contributed by atoms with Gasteiger partial charge in [0.2, 0.25) is 10.0 Å². The first-order valence-corrected chi connectivity index (χ1v) is 6.64. The van der Waals surface area contributed by atoms with E-state index in [1.54, 1.807) is 25.2 Å². The molecule has 0 radical (unpaired) electrons. The van der Waals surface area contributed by atoms with Gasteiger partial charge < -0.3 is 5.32 Å². The molecule has 15 heavy (non-hydrogen) atoms. The average molecular weight is 257 g/mol. The van der Waals surface area contributed by atoms with Gasteiger partial charge in [0.05, 0.1) is 5.25 Å². The largest absolute Gasteiger partial charge is 0.317 e. The van der Waals surface area contributed by atoms with E-state index in [1.807, 2.05) is 0 Å². The highest BCUT2D eigenvalue weighted by molar-refractivity contribution is 7.89. The second kappa shape index (κ2) is 6.03. The molecule has 0 bridgehead atoms. The lowest BCUT2D eigenvalue weighted by Gasteiger charge is -2.31. The Hall–Kier alpha value is 0.160. The summed E-state index contributed by atoms with van der Waals surface area (Å²) in [5, 5.41) is 2.91. The monoisotopic (exact) mass is 256 g/mol. The average Bonchev–Trinajstić information content (AvgIpc) is 2.17. The highest BCUT2D eigenvalue weighted by Gasteiger charge is 2.29. The van der Waals surface area contributed by atoms with Gasteiger partial charge in [0, 0.05) is 13.1 Å². The molecule has 92 valence electrons. The first-order valence-electron chi connectivity index (χ1n) is 5.14. The van der Waals surface area contributed by atoms with Crippen molar-refractivity contribution in [2.75, 3.05) is 20.1 Å². The molecule has 0 unspecified atom stereocenters. The molecule has 0 aromatic rings. The SMILES string of the molecule is CC(C)S(=O)(=O)N(C)C1CCNCC1.Cl. The van der Waals surface area contributed by atoms with Crippen molar-refractivity contribution in [1.29, 1.82) is 0 Å². The lowest BCUT2D eigenvalue weighted by Crippen LogP contribution is -2.46. The molecule has 0 spiro atoms. The van der Waals surface area contributed by atoms with Gasteiger partial charge in [-0.05, 0) is 39.8 Å². The summed E-state index contributed by atoms with van der Waals surface area (Å²) in [5.41, 5.74) is 0. The van der Waals surface area contributed by atoms with Crippen molar-refractivity contribution in [2.24, 2.45) is 0 Å². The van der Waals surface area contributed by atoms with Crippen molar-refractivity contribution < 1.29 is 8.42 Å². The fourth-order valence-electron chi connectivity index (χ4n) is 1.71. The molecule has 4 nitrogen and oxygen atoms in total. The molecule has 0 aliphatic carbocycles. The van der Waals surface area contributed by atoms with Crippen molar-refractivity contribution in [2.45, 2.75) is 38.0 Å². The number of hydrogen-bond acceptors (Lipinski definition) is 3. The molecule has 1 rings (SSSR count). The van der Waals surface area contributed by atoms with Crippen molar-refractivity contribution >= 4 is 22.4 Å². The number of sulfonamides is 1. The summed E-state index contributed by atoms with van der Waals surface area (Å²) in [5.74, 6) is 0. The molecule has 1 fully saturated rings. The zero-order chi connectivity index (χ0) is 10.8. The smallest absolute Gasteiger partial charge is 0.216 e. The van der Waals surface area contributed by atoms with Crippen LogP contribution in [-0.2, 0) is 10.0 Å². The normalized spacial score (nSPS) is 19.3. The Morgan fingerprint density at radius 3 is 2.13 bits per heavy atom. The molecular formula is C9H21ClN2O2S. The molecule has 1 heterocycles. The Balaban J connectivity index is 0.00000196. The highest BCUT2D eigenvalue weighted by Crippen LogP contribution is 2.16. The molecule has 1 aliphatic heterocycles. The number of nitrogens with one attached hydrogen (secondary N) is 1. The molecule has 1 saturated heterocycles. The van der Waals surface area contributed by atoms with E-state index in [-0.39, 0.29) is 23.7 Å². The van der Waals surface area contributed by atoms with Crippen LogP contribution in [0.15, 0.2) is 0 Å². The molecule has 0 atom stereocenters. The summed E-state index contributed by atoms with van der Waals surface area (Å²) in [6.07, 6.45) is 1.84. The predicted octanol–water partition coefficient (Wildman–Crippen LogP) is 0.830. The standard InChI is InChI=1S/C9H20N2O2S.ClH/c1-8(2)14(12,13)11(3)9-4-6-10-7-5-9;/h8-10H,4-7H2,1-3H3;1H. The summed E-state index contributed by atoms with van der Waals surface area (Å²) in [4.78, 5) is 0. The summed E-state index contributed by atoms with van der Waals surface area (Å²) in [6.45, 7) is 5.30. The van der Waals surface area contributed by atoms with Crippen LogP contribution in [0.25, 0.3) is 0 Å². The first kappa shape index (κ1) is 15.2. The van der Waals surface area contributed by atoms with Crippen molar-refractivity contribution in [3.05, 3.63) is 0 Å². The fraction of sp³-hybridized carbons (Fsp3) is 1.00. The van der Waals surface area contributed by atoms with Gasteiger partial charge in [-0.2, -0.15) is 0 Å². The van der Waals surface area contributed by atoms with Gasteiger partial charge in [0.1, 0.15) is 0 Å².